The van der Waals surface area contributed by atoms with Crippen LogP contribution in [0.3, 0.4) is 0 Å². The fourth-order valence-corrected chi connectivity index (χ4v) is 5.35. The lowest BCUT2D eigenvalue weighted by atomic mass is 9.74. The summed E-state index contributed by atoms with van der Waals surface area (Å²) in [7, 11) is 1.63. The molecule has 2 aliphatic rings. The van der Waals surface area contributed by atoms with E-state index in [9.17, 15) is 9.59 Å². The number of piperidine rings is 1. The number of benzene rings is 2. The number of ether oxygens (including phenoxy) is 2. The van der Waals surface area contributed by atoms with Gasteiger partial charge < -0.3 is 19.7 Å². The summed E-state index contributed by atoms with van der Waals surface area (Å²) in [6, 6.07) is 12.9. The smallest absolute Gasteiger partial charge is 0.255 e. The number of fused-ring (bicyclic) bond motifs is 1. The molecule has 188 valence electrons. The molecule has 2 heterocycles. The van der Waals surface area contributed by atoms with Crippen molar-refractivity contribution in [2.45, 2.75) is 51.4 Å². The third-order valence-corrected chi connectivity index (χ3v) is 7.62. The van der Waals surface area contributed by atoms with Gasteiger partial charge in [-0.2, -0.15) is 0 Å². The van der Waals surface area contributed by atoms with Crippen LogP contribution < -0.4 is 14.8 Å². The van der Waals surface area contributed by atoms with E-state index in [1.807, 2.05) is 29.2 Å². The Kier molecular flexibility index (Phi) is 8.55. The number of carbonyl (C=O) groups excluding carboxylic acids is 2. The van der Waals surface area contributed by atoms with Crippen molar-refractivity contribution in [2.24, 2.45) is 5.41 Å². The van der Waals surface area contributed by atoms with Crippen molar-refractivity contribution in [3.05, 3.63) is 58.6 Å². The van der Waals surface area contributed by atoms with Crippen LogP contribution in [0, 0.1) is 5.41 Å². The van der Waals surface area contributed by atoms with E-state index >= 15 is 0 Å². The van der Waals surface area contributed by atoms with Crippen molar-refractivity contribution in [3.8, 4) is 11.5 Å². The molecule has 0 aliphatic carbocycles. The molecule has 0 aromatic heterocycles. The molecule has 2 amide bonds. The van der Waals surface area contributed by atoms with Gasteiger partial charge in [0.2, 0.25) is 5.91 Å². The number of halogens is 1. The Morgan fingerprint density at radius 2 is 1.86 bits per heavy atom. The number of rotatable bonds is 3. The van der Waals surface area contributed by atoms with Gasteiger partial charge in [0.25, 0.3) is 5.91 Å². The summed E-state index contributed by atoms with van der Waals surface area (Å²) in [6.07, 6.45) is 7.46. The minimum Gasteiger partial charge on any atom is -0.496 e. The topological polar surface area (TPSA) is 67.9 Å². The number of methoxy groups -OCH3 is 1. The largest absolute Gasteiger partial charge is 0.496 e. The molecule has 1 saturated heterocycles. The quantitative estimate of drug-likeness (QED) is 0.625. The summed E-state index contributed by atoms with van der Waals surface area (Å²) < 4.78 is 11.3. The van der Waals surface area contributed by atoms with Gasteiger partial charge in [-0.3, -0.25) is 9.59 Å². The van der Waals surface area contributed by atoms with E-state index in [-0.39, 0.29) is 17.2 Å². The molecule has 1 fully saturated rings. The molecule has 2 aromatic rings. The maximum Gasteiger partial charge on any atom is 0.255 e. The van der Waals surface area contributed by atoms with Gasteiger partial charge in [-0.1, -0.05) is 49.1 Å². The van der Waals surface area contributed by atoms with Gasteiger partial charge in [-0.15, -0.1) is 0 Å². The molecule has 0 radical (unpaired) electrons. The number of hydrogen-bond acceptors (Lipinski definition) is 4. The highest BCUT2D eigenvalue weighted by molar-refractivity contribution is 6.31. The number of amides is 2. The monoisotopic (exact) mass is 498 g/mol. The maximum absolute atomic E-state index is 13.1. The first-order valence-corrected chi connectivity index (χ1v) is 13.0. The van der Waals surface area contributed by atoms with Crippen LogP contribution in [0.1, 0.15) is 60.9 Å². The summed E-state index contributed by atoms with van der Waals surface area (Å²) in [5, 5.41) is 3.68. The summed E-state index contributed by atoms with van der Waals surface area (Å²) in [4.78, 5) is 28.1. The highest BCUT2D eigenvalue weighted by Gasteiger charge is 2.36. The van der Waals surface area contributed by atoms with Gasteiger partial charge in [0.1, 0.15) is 11.5 Å². The molecular weight excluding hydrogens is 464 g/mol. The van der Waals surface area contributed by atoms with E-state index in [1.54, 1.807) is 25.3 Å². The molecular formula is C28H35ClN2O4. The van der Waals surface area contributed by atoms with E-state index in [2.05, 4.69) is 5.32 Å². The van der Waals surface area contributed by atoms with Crippen LogP contribution >= 0.6 is 11.6 Å². The number of nitrogens with one attached hydrogen (secondary N) is 1. The predicted molar refractivity (Wildman–Crippen MR) is 137 cm³/mol. The average Bonchev–Trinajstić information content (AvgIpc) is 2.88. The zero-order chi connectivity index (χ0) is 24.7. The van der Waals surface area contributed by atoms with E-state index in [0.717, 1.165) is 56.3 Å². The Morgan fingerprint density at radius 3 is 2.66 bits per heavy atom. The summed E-state index contributed by atoms with van der Waals surface area (Å²) in [6.45, 7) is 2.59. The third-order valence-electron chi connectivity index (χ3n) is 7.38. The fourth-order valence-electron chi connectivity index (χ4n) is 5.18. The van der Waals surface area contributed by atoms with Crippen molar-refractivity contribution in [1.82, 2.24) is 10.2 Å². The van der Waals surface area contributed by atoms with E-state index in [1.165, 1.54) is 0 Å². The molecule has 0 unspecified atom stereocenters. The molecule has 1 spiro atoms. The van der Waals surface area contributed by atoms with Crippen LogP contribution in [0.2, 0.25) is 5.02 Å². The van der Waals surface area contributed by atoms with Gasteiger partial charge in [0, 0.05) is 30.2 Å². The third kappa shape index (κ3) is 6.49. The van der Waals surface area contributed by atoms with Gasteiger partial charge in [0.05, 0.1) is 25.7 Å². The SMILES string of the molecule is COc1ccccc1CC(=O)N1CCC2(CCCCCCOc3ccc(Cl)cc3C(=O)NC2)CC1. The van der Waals surface area contributed by atoms with E-state index in [0.29, 0.717) is 49.0 Å². The molecule has 1 N–H and O–H groups in total. The predicted octanol–water partition coefficient (Wildman–Crippen LogP) is 5.27. The molecule has 6 nitrogen and oxygen atoms in total. The molecule has 0 bridgehead atoms. The van der Waals surface area contributed by atoms with Gasteiger partial charge in [-0.25, -0.2) is 0 Å². The number of hydrogen-bond donors (Lipinski definition) is 1. The van der Waals surface area contributed by atoms with Gasteiger partial charge >= 0.3 is 0 Å². The number of likely N-dealkylation sites (tertiary alicyclic amines) is 1. The molecule has 35 heavy (non-hydrogen) atoms. The lowest BCUT2D eigenvalue weighted by Crippen LogP contribution is -2.48. The molecule has 0 atom stereocenters. The summed E-state index contributed by atoms with van der Waals surface area (Å²) in [5.41, 5.74) is 1.38. The van der Waals surface area contributed by atoms with Crippen LogP contribution in [0.5, 0.6) is 11.5 Å². The minimum absolute atomic E-state index is 0.00940. The number of para-hydroxylation sites is 1. The lowest BCUT2D eigenvalue weighted by molar-refractivity contribution is -0.132. The Hall–Kier alpha value is -2.73. The van der Waals surface area contributed by atoms with Crippen molar-refractivity contribution >= 4 is 23.4 Å². The van der Waals surface area contributed by atoms with Crippen molar-refractivity contribution in [2.75, 3.05) is 33.4 Å². The zero-order valence-electron chi connectivity index (χ0n) is 20.5. The van der Waals surface area contributed by atoms with Crippen molar-refractivity contribution < 1.29 is 19.1 Å². The van der Waals surface area contributed by atoms with Crippen LogP contribution in [-0.4, -0.2) is 50.1 Å². The molecule has 2 aromatic carbocycles. The second-order valence-corrected chi connectivity index (χ2v) is 10.1. The molecule has 4 rings (SSSR count). The van der Waals surface area contributed by atoms with Crippen LogP contribution in [0.15, 0.2) is 42.5 Å². The lowest BCUT2D eigenvalue weighted by Gasteiger charge is -2.42. The number of nitrogens with zero attached hydrogens (tertiary/aromatic N) is 1. The van der Waals surface area contributed by atoms with Gasteiger partial charge in [-0.05, 0) is 55.4 Å². The fraction of sp³-hybridized carbons (Fsp3) is 0.500. The Morgan fingerprint density at radius 1 is 1.09 bits per heavy atom. The van der Waals surface area contributed by atoms with Crippen molar-refractivity contribution in [1.29, 1.82) is 0 Å². The van der Waals surface area contributed by atoms with Gasteiger partial charge in [0.15, 0.2) is 0 Å². The highest BCUT2D eigenvalue weighted by Crippen LogP contribution is 2.37. The first kappa shape index (κ1) is 25.4. The highest BCUT2D eigenvalue weighted by atomic mass is 35.5. The normalized spacial score (nSPS) is 18.8. The zero-order valence-corrected chi connectivity index (χ0v) is 21.2. The second kappa shape index (κ2) is 11.8. The Bertz CT molecular complexity index is 1030. The minimum atomic E-state index is -0.157. The molecule has 7 heteroatoms. The summed E-state index contributed by atoms with van der Waals surface area (Å²) >= 11 is 6.18. The average molecular weight is 499 g/mol. The standard InChI is InChI=1S/C28H35ClN2O4/c1-34-24-9-5-4-8-21(24)18-26(32)31-15-13-28(14-16-31)12-6-2-3-7-17-35-25-11-10-22(29)19-23(25)27(33)30-20-28/h4-5,8-11,19H,2-3,6-7,12-18,20H2,1H3,(H,30,33). The second-order valence-electron chi connectivity index (χ2n) is 9.71. The summed E-state index contributed by atoms with van der Waals surface area (Å²) in [5.74, 6) is 1.29. The Balaban J connectivity index is 1.42. The first-order valence-electron chi connectivity index (χ1n) is 12.6. The number of carbonyl (C=O) groups is 2. The van der Waals surface area contributed by atoms with Crippen LogP contribution in [0.25, 0.3) is 0 Å². The first-order chi connectivity index (χ1) is 17.0. The van der Waals surface area contributed by atoms with Crippen LogP contribution in [0.4, 0.5) is 0 Å². The molecule has 2 aliphatic heterocycles. The molecule has 0 saturated carbocycles. The maximum atomic E-state index is 13.1. The van der Waals surface area contributed by atoms with Crippen molar-refractivity contribution in [3.63, 3.8) is 0 Å². The van der Waals surface area contributed by atoms with E-state index in [4.69, 9.17) is 21.1 Å². The van der Waals surface area contributed by atoms with Crippen LogP contribution in [-0.2, 0) is 11.2 Å². The Labute approximate surface area is 212 Å². The van der Waals surface area contributed by atoms with E-state index < -0.39 is 0 Å².